The topological polar surface area (TPSA) is 126 Å². The molecule has 1 aliphatic rings. The van der Waals surface area contributed by atoms with Gasteiger partial charge >= 0.3 is 24.0 Å². The van der Waals surface area contributed by atoms with Gasteiger partial charge in [0.1, 0.15) is 30.2 Å². The second-order valence-corrected chi connectivity index (χ2v) is 10.4. The van der Waals surface area contributed by atoms with Crippen molar-refractivity contribution in [3.63, 3.8) is 0 Å². The Morgan fingerprint density at radius 2 is 1.81 bits per heavy atom. The van der Waals surface area contributed by atoms with Crippen molar-refractivity contribution in [2.24, 2.45) is 0 Å². The molecule has 1 rings (SSSR count). The van der Waals surface area contributed by atoms with Crippen LogP contribution in [0.1, 0.15) is 34.6 Å². The average molecular weight is 480 g/mol. The zero-order chi connectivity index (χ0) is 23.8. The Balaban J connectivity index is 2.87. The maximum Gasteiger partial charge on any atom is 0.408 e. The number of methoxy groups -OCH3 is 1. The van der Waals surface area contributed by atoms with Crippen molar-refractivity contribution >= 4 is 45.6 Å². The Bertz CT molecular complexity index is 692. The first-order chi connectivity index (χ1) is 14.3. The Hall–Kier alpha value is -1.92. The first-order valence-corrected chi connectivity index (χ1v) is 11.8. The number of hydrogen-bond donors (Lipinski definition) is 1. The van der Waals surface area contributed by atoms with Crippen LogP contribution in [0.3, 0.4) is 0 Å². The first-order valence-electron chi connectivity index (χ1n) is 9.41. The van der Waals surface area contributed by atoms with Crippen LogP contribution in [-0.4, -0.2) is 72.8 Å². The van der Waals surface area contributed by atoms with Gasteiger partial charge in [-0.3, -0.25) is 9.59 Å². The number of carbonyl (C=O) groups excluding carboxylic acids is 4. The second-order valence-electron chi connectivity index (χ2n) is 7.57. The summed E-state index contributed by atoms with van der Waals surface area (Å²) in [6, 6.07) is -1.05. The van der Waals surface area contributed by atoms with Crippen LogP contribution in [0.4, 0.5) is 4.79 Å². The lowest BCUT2D eigenvalue weighted by Gasteiger charge is -2.33. The summed E-state index contributed by atoms with van der Waals surface area (Å²) in [5.41, 5.74) is -1.39. The van der Waals surface area contributed by atoms with E-state index in [1.807, 2.05) is 0 Å². The molecule has 1 aliphatic heterocycles. The summed E-state index contributed by atoms with van der Waals surface area (Å²) in [7, 11) is 0.209. The fourth-order valence-electron chi connectivity index (χ4n) is 2.43. The lowest BCUT2D eigenvalue weighted by atomic mass is 10.1. The fraction of sp³-hybridized carbons (Fsp3) is 0.684. The van der Waals surface area contributed by atoms with Crippen molar-refractivity contribution in [3.8, 4) is 0 Å². The van der Waals surface area contributed by atoms with E-state index in [1.165, 1.54) is 21.0 Å². The summed E-state index contributed by atoms with van der Waals surface area (Å²) in [5.74, 6) is -1.67. The molecule has 0 aromatic heterocycles. The molecule has 0 aliphatic carbocycles. The molecule has 5 atom stereocenters. The van der Waals surface area contributed by atoms with E-state index in [-0.39, 0.29) is 12.4 Å². The highest BCUT2D eigenvalue weighted by atomic mass is 33.1. The maximum atomic E-state index is 12.1. The lowest BCUT2D eigenvalue weighted by molar-refractivity contribution is -0.160. The molecule has 0 fully saturated rings. The van der Waals surface area contributed by atoms with E-state index in [0.717, 1.165) is 0 Å². The Morgan fingerprint density at radius 1 is 1.16 bits per heavy atom. The molecule has 0 aromatic carbocycles. The van der Waals surface area contributed by atoms with Crippen LogP contribution in [0.2, 0.25) is 0 Å². The molecule has 1 N–H and O–H groups in total. The van der Waals surface area contributed by atoms with Gasteiger partial charge < -0.3 is 40.7 Å². The molecule has 10 nitrogen and oxygen atoms in total. The van der Waals surface area contributed by atoms with Gasteiger partial charge in [-0.25, -0.2) is 9.59 Å². The SMILES string of the molecule is COC(=O)C(C[S+]([S-])[C@H]1C=C[C@@H](OC(C)=O)C(COC(C)=O)O1)NC(=O)OC(C)(C)C. The molecule has 12 heteroatoms. The smallest absolute Gasteiger partial charge is 0.408 e. The van der Waals surface area contributed by atoms with Gasteiger partial charge in [0.15, 0.2) is 6.04 Å². The predicted octanol–water partition coefficient (Wildman–Crippen LogP) is 0.909. The number of esters is 3. The van der Waals surface area contributed by atoms with Gasteiger partial charge in [-0.05, 0) is 32.9 Å². The largest absolute Gasteiger partial charge is 0.472 e. The number of ether oxygens (including phenoxy) is 5. The fourth-order valence-corrected chi connectivity index (χ4v) is 4.44. The summed E-state index contributed by atoms with van der Waals surface area (Å²) in [6.45, 7) is 7.45. The van der Waals surface area contributed by atoms with Crippen LogP contribution in [0, 0.1) is 0 Å². The molecule has 0 radical (unpaired) electrons. The van der Waals surface area contributed by atoms with Crippen molar-refractivity contribution in [1.82, 2.24) is 5.32 Å². The molecular formula is C19H29NO9S2. The van der Waals surface area contributed by atoms with E-state index in [2.05, 4.69) is 5.32 Å². The summed E-state index contributed by atoms with van der Waals surface area (Å²) in [6.07, 6.45) is 0.922. The molecule has 3 unspecified atom stereocenters. The Morgan fingerprint density at radius 3 is 2.32 bits per heavy atom. The van der Waals surface area contributed by atoms with Gasteiger partial charge in [-0.1, -0.05) is 0 Å². The lowest BCUT2D eigenvalue weighted by Crippen LogP contribution is -2.50. The highest BCUT2D eigenvalue weighted by molar-refractivity contribution is 8.56. The molecule has 0 aromatic rings. The van der Waals surface area contributed by atoms with Crippen LogP contribution < -0.4 is 5.32 Å². The molecule has 1 heterocycles. The summed E-state index contributed by atoms with van der Waals surface area (Å²) < 4.78 is 26.0. The molecule has 31 heavy (non-hydrogen) atoms. The van der Waals surface area contributed by atoms with Crippen molar-refractivity contribution in [2.45, 2.75) is 63.9 Å². The highest BCUT2D eigenvalue weighted by Gasteiger charge is 2.37. The van der Waals surface area contributed by atoms with E-state index >= 15 is 0 Å². The molecule has 1 amide bonds. The van der Waals surface area contributed by atoms with Crippen molar-refractivity contribution < 1.29 is 42.9 Å². The third kappa shape index (κ3) is 10.3. The highest BCUT2D eigenvalue weighted by Crippen LogP contribution is 2.22. The predicted molar refractivity (Wildman–Crippen MR) is 115 cm³/mol. The van der Waals surface area contributed by atoms with Crippen LogP contribution in [0.5, 0.6) is 0 Å². The third-order valence-corrected chi connectivity index (χ3v) is 6.08. The van der Waals surface area contributed by atoms with Gasteiger partial charge in [0.25, 0.3) is 0 Å². The zero-order valence-corrected chi connectivity index (χ0v) is 20.0. The second kappa shape index (κ2) is 12.2. The summed E-state index contributed by atoms with van der Waals surface area (Å²) >= 11 is 5.51. The first kappa shape index (κ1) is 27.1. The number of nitrogens with one attached hydrogen (secondary N) is 1. The molecule has 0 saturated heterocycles. The molecule has 0 bridgehead atoms. The van der Waals surface area contributed by atoms with E-state index in [9.17, 15) is 19.2 Å². The van der Waals surface area contributed by atoms with Crippen molar-refractivity contribution in [2.75, 3.05) is 19.5 Å². The number of alkyl carbamates (subject to hydrolysis) is 1. The molecular weight excluding hydrogens is 450 g/mol. The van der Waals surface area contributed by atoms with E-state index < -0.39 is 63.2 Å². The number of carbonyl (C=O) groups is 4. The summed E-state index contributed by atoms with van der Waals surface area (Å²) in [5, 5.41) is 2.47. The van der Waals surface area contributed by atoms with Crippen LogP contribution in [0.25, 0.3) is 0 Å². The Kier molecular flexibility index (Phi) is 10.7. The average Bonchev–Trinajstić information content (AvgIpc) is 2.63. The van der Waals surface area contributed by atoms with Gasteiger partial charge in [0.05, 0.1) is 7.11 Å². The van der Waals surface area contributed by atoms with Gasteiger partial charge in [0, 0.05) is 13.8 Å². The molecule has 176 valence electrons. The minimum absolute atomic E-state index is 0.0365. The van der Waals surface area contributed by atoms with E-state index in [0.29, 0.717) is 0 Å². The molecule has 0 saturated carbocycles. The Labute approximate surface area is 189 Å². The third-order valence-electron chi connectivity index (χ3n) is 3.65. The van der Waals surface area contributed by atoms with Crippen molar-refractivity contribution in [3.05, 3.63) is 12.2 Å². The van der Waals surface area contributed by atoms with Crippen LogP contribution in [-0.2, 0) is 59.7 Å². The molecule has 0 spiro atoms. The van der Waals surface area contributed by atoms with Gasteiger partial charge in [-0.15, -0.1) is 9.93 Å². The quantitative estimate of drug-likeness (QED) is 0.134. The van der Waals surface area contributed by atoms with Crippen molar-refractivity contribution in [1.29, 1.82) is 0 Å². The minimum atomic E-state index is -1.05. The maximum absolute atomic E-state index is 12.1. The van der Waals surface area contributed by atoms with Crippen LogP contribution in [0.15, 0.2) is 12.2 Å². The minimum Gasteiger partial charge on any atom is -0.472 e. The number of amides is 1. The van der Waals surface area contributed by atoms with E-state index in [4.69, 9.17) is 35.3 Å². The number of hydrogen-bond acceptors (Lipinski definition) is 10. The normalized spacial score (nSPS) is 22.6. The standard InChI is InChI=1S/C19H29NO9S2/c1-11(21)26-9-15-14(27-12(2)22)7-8-16(28-15)31(30)10-13(17(23)25-6)20-18(24)29-19(3,4)5/h7-8,13-16H,9-10H2,1-6H3,(H,20,24)/t13?,14-,15?,16+,31?/m1/s1. The summed E-state index contributed by atoms with van der Waals surface area (Å²) in [4.78, 5) is 46.7. The van der Waals surface area contributed by atoms with E-state index in [1.54, 1.807) is 32.9 Å². The van der Waals surface area contributed by atoms with Gasteiger partial charge in [-0.2, -0.15) is 0 Å². The van der Waals surface area contributed by atoms with Crippen LogP contribution >= 0.6 is 0 Å². The zero-order valence-electron chi connectivity index (χ0n) is 18.4. The number of rotatable bonds is 8. The monoisotopic (exact) mass is 479 g/mol. The van der Waals surface area contributed by atoms with Gasteiger partial charge in [0.2, 0.25) is 5.44 Å².